The monoisotopic (exact) mass is 506 g/mol. The Morgan fingerprint density at radius 2 is 2.04 bits per heavy atom. The highest BCUT2D eigenvalue weighted by molar-refractivity contribution is 14.0. The van der Waals surface area contributed by atoms with Gasteiger partial charge in [0.1, 0.15) is 0 Å². The van der Waals surface area contributed by atoms with Crippen molar-refractivity contribution in [3.05, 3.63) is 0 Å². The molecule has 0 aromatic heterocycles. The zero-order chi connectivity index (χ0) is 19.1. The van der Waals surface area contributed by atoms with Crippen LogP contribution in [0.25, 0.3) is 0 Å². The first-order valence-electron chi connectivity index (χ1n) is 11.4. The van der Waals surface area contributed by atoms with E-state index in [1.165, 1.54) is 58.2 Å². The van der Waals surface area contributed by atoms with E-state index in [4.69, 9.17) is 9.73 Å². The largest absolute Gasteiger partial charge is 0.381 e. The van der Waals surface area contributed by atoms with Crippen LogP contribution in [-0.4, -0.2) is 74.8 Å². The molecule has 3 saturated heterocycles. The second kappa shape index (κ2) is 11.9. The molecule has 0 saturated carbocycles. The number of hydrogen-bond donors (Lipinski definition) is 1. The molecule has 164 valence electrons. The number of halogens is 1. The molecular weight excluding hydrogens is 463 g/mol. The molecule has 3 aliphatic rings. The molecule has 1 N–H and O–H groups in total. The molecule has 3 heterocycles. The maximum absolute atomic E-state index is 5.86. The second-order valence-corrected chi connectivity index (χ2v) is 9.54. The molecule has 0 bridgehead atoms. The molecule has 0 aromatic carbocycles. The van der Waals surface area contributed by atoms with Crippen LogP contribution in [0.4, 0.5) is 0 Å². The lowest BCUT2D eigenvalue weighted by molar-refractivity contribution is -0.0370. The number of piperidine rings is 2. The quantitative estimate of drug-likeness (QED) is 0.350. The van der Waals surface area contributed by atoms with Gasteiger partial charge in [0, 0.05) is 51.3 Å². The van der Waals surface area contributed by atoms with Crippen molar-refractivity contribution in [3.8, 4) is 0 Å². The van der Waals surface area contributed by atoms with E-state index in [0.29, 0.717) is 11.3 Å². The molecule has 0 aromatic rings. The van der Waals surface area contributed by atoms with E-state index >= 15 is 0 Å². The molecular formula is C22H43IN4O. The van der Waals surface area contributed by atoms with Crippen LogP contribution in [0.5, 0.6) is 0 Å². The third-order valence-electron chi connectivity index (χ3n) is 6.43. The van der Waals surface area contributed by atoms with Crippen LogP contribution >= 0.6 is 24.0 Å². The minimum atomic E-state index is 0. The molecule has 3 rings (SSSR count). The van der Waals surface area contributed by atoms with Gasteiger partial charge in [-0.25, -0.2) is 0 Å². The minimum Gasteiger partial charge on any atom is -0.381 e. The summed E-state index contributed by atoms with van der Waals surface area (Å²) in [5.41, 5.74) is 0.367. The summed E-state index contributed by atoms with van der Waals surface area (Å²) >= 11 is 0. The van der Waals surface area contributed by atoms with E-state index in [0.717, 1.165) is 51.3 Å². The Hall–Kier alpha value is -0.0800. The van der Waals surface area contributed by atoms with Gasteiger partial charge in [0.05, 0.1) is 6.61 Å². The molecule has 2 unspecified atom stereocenters. The zero-order valence-corrected chi connectivity index (χ0v) is 20.7. The summed E-state index contributed by atoms with van der Waals surface area (Å²) in [5, 5.41) is 3.58. The van der Waals surface area contributed by atoms with Gasteiger partial charge in [-0.15, -0.1) is 24.0 Å². The SMILES string of the molecule is CCNC(=NCC1CCCN(CC(C)C)C1)N1CCCC2(CCCOC2)C1.I. The number of nitrogens with one attached hydrogen (secondary N) is 1. The van der Waals surface area contributed by atoms with Crippen molar-refractivity contribution in [1.29, 1.82) is 0 Å². The molecule has 5 nitrogen and oxygen atoms in total. The first-order chi connectivity index (χ1) is 13.1. The highest BCUT2D eigenvalue weighted by atomic mass is 127. The van der Waals surface area contributed by atoms with E-state index in [1.807, 2.05) is 0 Å². The molecule has 6 heteroatoms. The molecule has 0 aliphatic carbocycles. The Balaban J connectivity index is 0.00000280. The van der Waals surface area contributed by atoms with Crippen LogP contribution in [0.1, 0.15) is 59.3 Å². The molecule has 0 radical (unpaired) electrons. The maximum Gasteiger partial charge on any atom is 0.193 e. The average Bonchev–Trinajstić information content (AvgIpc) is 2.65. The van der Waals surface area contributed by atoms with Crippen LogP contribution in [0.3, 0.4) is 0 Å². The van der Waals surface area contributed by atoms with Crippen molar-refractivity contribution in [3.63, 3.8) is 0 Å². The topological polar surface area (TPSA) is 40.1 Å². The van der Waals surface area contributed by atoms with Crippen LogP contribution in [0.2, 0.25) is 0 Å². The number of aliphatic imine (C=N–C) groups is 1. The van der Waals surface area contributed by atoms with Crippen LogP contribution < -0.4 is 5.32 Å². The number of hydrogen-bond acceptors (Lipinski definition) is 3. The fourth-order valence-electron chi connectivity index (χ4n) is 5.24. The lowest BCUT2D eigenvalue weighted by Gasteiger charge is -2.45. The Labute approximate surface area is 190 Å². The number of nitrogens with zero attached hydrogens (tertiary/aromatic N) is 3. The Kier molecular flexibility index (Phi) is 10.3. The van der Waals surface area contributed by atoms with Crippen molar-refractivity contribution in [2.45, 2.75) is 59.3 Å². The summed E-state index contributed by atoms with van der Waals surface area (Å²) in [7, 11) is 0. The van der Waals surface area contributed by atoms with Gasteiger partial charge in [-0.1, -0.05) is 13.8 Å². The zero-order valence-electron chi connectivity index (χ0n) is 18.4. The molecule has 1 spiro atoms. The van der Waals surface area contributed by atoms with Crippen LogP contribution in [0.15, 0.2) is 4.99 Å². The normalized spacial score (nSPS) is 29.8. The van der Waals surface area contributed by atoms with Crippen molar-refractivity contribution < 1.29 is 4.74 Å². The van der Waals surface area contributed by atoms with Crippen LogP contribution in [0, 0.1) is 17.3 Å². The minimum absolute atomic E-state index is 0. The third kappa shape index (κ3) is 7.01. The van der Waals surface area contributed by atoms with E-state index in [-0.39, 0.29) is 24.0 Å². The summed E-state index contributed by atoms with van der Waals surface area (Å²) in [5.74, 6) is 2.61. The van der Waals surface area contributed by atoms with Crippen molar-refractivity contribution in [2.75, 3.05) is 59.0 Å². The second-order valence-electron chi connectivity index (χ2n) is 9.54. The lowest BCUT2D eigenvalue weighted by Crippen LogP contribution is -2.53. The Morgan fingerprint density at radius 3 is 2.75 bits per heavy atom. The average molecular weight is 507 g/mol. The Bertz CT molecular complexity index is 474. The van der Waals surface area contributed by atoms with Crippen molar-refractivity contribution in [2.24, 2.45) is 22.2 Å². The highest BCUT2D eigenvalue weighted by Gasteiger charge is 2.38. The van der Waals surface area contributed by atoms with E-state index in [2.05, 4.69) is 35.9 Å². The Morgan fingerprint density at radius 1 is 1.21 bits per heavy atom. The summed E-state index contributed by atoms with van der Waals surface area (Å²) in [4.78, 5) is 10.3. The van der Waals surface area contributed by atoms with Gasteiger partial charge in [0.2, 0.25) is 0 Å². The van der Waals surface area contributed by atoms with Gasteiger partial charge < -0.3 is 19.9 Å². The highest BCUT2D eigenvalue weighted by Crippen LogP contribution is 2.37. The van der Waals surface area contributed by atoms with Gasteiger partial charge in [-0.05, 0) is 63.8 Å². The number of ether oxygens (including phenoxy) is 1. The number of rotatable bonds is 5. The van der Waals surface area contributed by atoms with Crippen molar-refractivity contribution >= 4 is 29.9 Å². The first-order valence-corrected chi connectivity index (χ1v) is 11.4. The van der Waals surface area contributed by atoms with Gasteiger partial charge >= 0.3 is 0 Å². The molecule has 3 fully saturated rings. The molecule has 28 heavy (non-hydrogen) atoms. The smallest absolute Gasteiger partial charge is 0.193 e. The maximum atomic E-state index is 5.86. The van der Waals surface area contributed by atoms with Gasteiger partial charge in [-0.3, -0.25) is 4.99 Å². The number of likely N-dealkylation sites (tertiary alicyclic amines) is 2. The summed E-state index contributed by atoms with van der Waals surface area (Å²) in [6.07, 6.45) is 7.77. The van der Waals surface area contributed by atoms with Gasteiger partial charge in [0.25, 0.3) is 0 Å². The molecule has 2 atom stereocenters. The molecule has 3 aliphatic heterocycles. The summed E-state index contributed by atoms with van der Waals surface area (Å²) in [6.45, 7) is 16.6. The fourth-order valence-corrected chi connectivity index (χ4v) is 5.24. The summed E-state index contributed by atoms with van der Waals surface area (Å²) < 4.78 is 5.86. The first kappa shape index (κ1) is 24.2. The van der Waals surface area contributed by atoms with Gasteiger partial charge in [-0.2, -0.15) is 0 Å². The predicted octanol–water partition coefficient (Wildman–Crippen LogP) is 3.83. The van der Waals surface area contributed by atoms with Gasteiger partial charge in [0.15, 0.2) is 5.96 Å². The summed E-state index contributed by atoms with van der Waals surface area (Å²) in [6, 6.07) is 0. The molecule has 0 amide bonds. The van der Waals surface area contributed by atoms with E-state index in [1.54, 1.807) is 0 Å². The number of guanidine groups is 1. The van der Waals surface area contributed by atoms with Crippen LogP contribution in [-0.2, 0) is 4.74 Å². The standard InChI is InChI=1S/C22H42N4O.HI/c1-4-23-21(24-14-20-8-5-11-25(16-20)15-19(2)3)26-12-6-9-22(17-26)10-7-13-27-18-22;/h19-20H,4-18H2,1-3H3,(H,23,24);1H. The fraction of sp³-hybridized carbons (Fsp3) is 0.955. The van der Waals surface area contributed by atoms with E-state index < -0.39 is 0 Å². The third-order valence-corrected chi connectivity index (χ3v) is 6.43. The lowest BCUT2D eigenvalue weighted by atomic mass is 9.76. The van der Waals surface area contributed by atoms with E-state index in [9.17, 15) is 0 Å². The predicted molar refractivity (Wildman–Crippen MR) is 129 cm³/mol. The van der Waals surface area contributed by atoms with Crippen molar-refractivity contribution in [1.82, 2.24) is 15.1 Å².